The van der Waals surface area contributed by atoms with Crippen LogP contribution in [0.1, 0.15) is 30.9 Å². The summed E-state index contributed by atoms with van der Waals surface area (Å²) >= 11 is 1.50. The van der Waals surface area contributed by atoms with Gasteiger partial charge in [0.2, 0.25) is 0 Å². The average Bonchev–Trinajstić information content (AvgIpc) is 3.45. The molecule has 3 aromatic rings. The number of ether oxygens (including phenoxy) is 1. The van der Waals surface area contributed by atoms with Crippen LogP contribution in [0.3, 0.4) is 0 Å². The van der Waals surface area contributed by atoms with Gasteiger partial charge >= 0.3 is 0 Å². The van der Waals surface area contributed by atoms with E-state index in [-0.39, 0.29) is 17.7 Å². The van der Waals surface area contributed by atoms with Gasteiger partial charge in [-0.1, -0.05) is 30.4 Å². The summed E-state index contributed by atoms with van der Waals surface area (Å²) in [5.41, 5.74) is 2.83. The molecule has 0 N–H and O–H groups in total. The van der Waals surface area contributed by atoms with Crippen molar-refractivity contribution in [2.75, 3.05) is 18.1 Å². The van der Waals surface area contributed by atoms with Gasteiger partial charge < -0.3 is 4.74 Å². The summed E-state index contributed by atoms with van der Waals surface area (Å²) in [6, 6.07) is 12.2. The van der Waals surface area contributed by atoms with E-state index in [1.165, 1.54) is 29.5 Å². The molecule has 31 heavy (non-hydrogen) atoms. The first-order chi connectivity index (χ1) is 15.0. The molecule has 4 rings (SSSR count). The number of nitrogens with zero attached hydrogens (tertiary/aromatic N) is 3. The van der Waals surface area contributed by atoms with E-state index in [9.17, 15) is 14.9 Å². The molecule has 2 aromatic carbocycles. The molecule has 0 saturated carbocycles. The molecule has 2 heterocycles. The maximum Gasteiger partial charge on any atom is 0.269 e. The Bertz CT molecular complexity index is 1120. The minimum absolute atomic E-state index is 0.00520. The molecular formula is C23H23N3O4S. The fraction of sp³-hybridized carbons (Fsp3) is 0.304. The quantitative estimate of drug-likeness (QED) is 0.295. The number of benzene rings is 2. The van der Waals surface area contributed by atoms with E-state index in [4.69, 9.17) is 9.72 Å². The lowest BCUT2D eigenvalue weighted by Crippen LogP contribution is -2.36. The molecule has 7 nitrogen and oxygen atoms in total. The number of anilines is 1. The highest BCUT2D eigenvalue weighted by Crippen LogP contribution is 2.32. The fourth-order valence-electron chi connectivity index (χ4n) is 3.61. The van der Waals surface area contributed by atoms with E-state index >= 15 is 0 Å². The Morgan fingerprint density at radius 2 is 2.13 bits per heavy atom. The molecule has 1 atom stereocenters. The number of thiazole rings is 1. The van der Waals surface area contributed by atoms with Crippen molar-refractivity contribution in [1.29, 1.82) is 0 Å². The number of rotatable bonds is 7. The van der Waals surface area contributed by atoms with Gasteiger partial charge in [0, 0.05) is 24.8 Å². The largest absolute Gasteiger partial charge is 0.376 e. The standard InChI is InChI=1S/C23H23N3O4S/c1-2-17-5-3-7-20-22(17)24-23(31-20)25(15-19-6-4-14-30-19)21(27)13-10-16-8-11-18(12-9-16)26(28)29/h3,5,7-13,19H,2,4,6,14-15H2,1H3/b13-10-. The number of aromatic nitrogens is 1. The van der Waals surface area contributed by atoms with E-state index < -0.39 is 4.92 Å². The van der Waals surface area contributed by atoms with Gasteiger partial charge in [-0.15, -0.1) is 0 Å². The Labute approximate surface area is 184 Å². The molecule has 1 saturated heterocycles. The molecule has 0 radical (unpaired) electrons. The molecule has 8 heteroatoms. The highest BCUT2D eigenvalue weighted by atomic mass is 32.1. The summed E-state index contributed by atoms with van der Waals surface area (Å²) in [4.78, 5) is 30.0. The summed E-state index contributed by atoms with van der Waals surface area (Å²) < 4.78 is 6.82. The first kappa shape index (κ1) is 21.1. The number of hydrogen-bond acceptors (Lipinski definition) is 6. The topological polar surface area (TPSA) is 85.6 Å². The molecule has 1 aliphatic rings. The summed E-state index contributed by atoms with van der Waals surface area (Å²) in [5.74, 6) is -0.189. The third-order valence-electron chi connectivity index (χ3n) is 5.30. The van der Waals surface area contributed by atoms with Crippen molar-refractivity contribution < 1.29 is 14.5 Å². The van der Waals surface area contributed by atoms with Crippen LogP contribution in [0, 0.1) is 10.1 Å². The van der Waals surface area contributed by atoms with Gasteiger partial charge in [-0.25, -0.2) is 4.98 Å². The number of amides is 1. The van der Waals surface area contributed by atoms with E-state index in [0.717, 1.165) is 35.0 Å². The molecule has 1 amide bonds. The molecule has 0 bridgehead atoms. The van der Waals surface area contributed by atoms with Crippen LogP contribution in [0.5, 0.6) is 0 Å². The number of carbonyl (C=O) groups is 1. The zero-order valence-electron chi connectivity index (χ0n) is 17.2. The normalized spacial score (nSPS) is 16.2. The van der Waals surface area contributed by atoms with Crippen LogP contribution in [0.15, 0.2) is 48.5 Å². The maximum absolute atomic E-state index is 13.2. The van der Waals surface area contributed by atoms with Crippen LogP contribution in [-0.2, 0) is 16.0 Å². The molecule has 1 unspecified atom stereocenters. The molecule has 1 aromatic heterocycles. The SMILES string of the molecule is CCc1cccc2sc(N(CC3CCCO3)C(=O)/C=C\c3ccc([N+](=O)[O-])cc3)nc12. The van der Waals surface area contributed by atoms with Crippen LogP contribution < -0.4 is 4.90 Å². The van der Waals surface area contributed by atoms with Gasteiger partial charge in [0.05, 0.1) is 27.8 Å². The molecule has 1 aliphatic heterocycles. The maximum atomic E-state index is 13.2. The molecule has 0 spiro atoms. The predicted octanol–water partition coefficient (Wildman–Crippen LogP) is 4.99. The van der Waals surface area contributed by atoms with Gasteiger partial charge in [0.25, 0.3) is 11.6 Å². The van der Waals surface area contributed by atoms with Crippen molar-refractivity contribution in [1.82, 2.24) is 4.98 Å². The third-order valence-corrected chi connectivity index (χ3v) is 6.35. The monoisotopic (exact) mass is 437 g/mol. The predicted molar refractivity (Wildman–Crippen MR) is 122 cm³/mol. The molecule has 0 aliphatic carbocycles. The fourth-order valence-corrected chi connectivity index (χ4v) is 4.64. The number of nitro benzene ring substituents is 1. The van der Waals surface area contributed by atoms with Crippen molar-refractivity contribution in [3.63, 3.8) is 0 Å². The van der Waals surface area contributed by atoms with Gasteiger partial charge in [-0.05, 0) is 54.7 Å². The lowest BCUT2D eigenvalue weighted by molar-refractivity contribution is -0.384. The lowest BCUT2D eigenvalue weighted by atomic mass is 10.1. The number of fused-ring (bicyclic) bond motifs is 1. The smallest absolute Gasteiger partial charge is 0.269 e. The second kappa shape index (κ2) is 9.36. The Kier molecular flexibility index (Phi) is 6.39. The first-order valence-electron chi connectivity index (χ1n) is 10.3. The van der Waals surface area contributed by atoms with Crippen LogP contribution in [-0.4, -0.2) is 35.1 Å². The zero-order valence-corrected chi connectivity index (χ0v) is 18.0. The van der Waals surface area contributed by atoms with E-state index in [2.05, 4.69) is 13.0 Å². The zero-order chi connectivity index (χ0) is 21.8. The molecule has 160 valence electrons. The number of nitro groups is 1. The van der Waals surface area contributed by atoms with Crippen LogP contribution in [0.25, 0.3) is 16.3 Å². The van der Waals surface area contributed by atoms with Gasteiger partial charge in [-0.3, -0.25) is 19.8 Å². The summed E-state index contributed by atoms with van der Waals surface area (Å²) in [5, 5.41) is 11.5. The average molecular weight is 438 g/mol. The van der Waals surface area contributed by atoms with Gasteiger partial charge in [0.15, 0.2) is 5.13 Å². The second-order valence-corrected chi connectivity index (χ2v) is 8.39. The number of hydrogen-bond donors (Lipinski definition) is 0. The van der Waals surface area contributed by atoms with Crippen LogP contribution in [0.2, 0.25) is 0 Å². The van der Waals surface area contributed by atoms with Crippen molar-refractivity contribution in [3.8, 4) is 0 Å². The van der Waals surface area contributed by atoms with E-state index in [0.29, 0.717) is 23.8 Å². The summed E-state index contributed by atoms with van der Waals surface area (Å²) in [7, 11) is 0. The van der Waals surface area contributed by atoms with Crippen molar-refractivity contribution >= 4 is 44.4 Å². The number of para-hydroxylation sites is 1. The molecule has 1 fully saturated rings. The summed E-state index contributed by atoms with van der Waals surface area (Å²) in [6.45, 7) is 3.26. The van der Waals surface area contributed by atoms with Gasteiger partial charge in [0.1, 0.15) is 0 Å². The highest BCUT2D eigenvalue weighted by Gasteiger charge is 2.25. The summed E-state index contributed by atoms with van der Waals surface area (Å²) in [6.07, 6.45) is 5.93. The van der Waals surface area contributed by atoms with Crippen molar-refractivity contribution in [3.05, 3.63) is 69.8 Å². The Hall–Kier alpha value is -3.10. The third kappa shape index (κ3) is 4.81. The van der Waals surface area contributed by atoms with Crippen molar-refractivity contribution in [2.24, 2.45) is 0 Å². The highest BCUT2D eigenvalue weighted by molar-refractivity contribution is 7.22. The Morgan fingerprint density at radius 3 is 2.81 bits per heavy atom. The van der Waals surface area contributed by atoms with Crippen LogP contribution in [0.4, 0.5) is 10.8 Å². The number of carbonyl (C=O) groups excluding carboxylic acids is 1. The Balaban J connectivity index is 1.61. The Morgan fingerprint density at radius 1 is 1.32 bits per heavy atom. The van der Waals surface area contributed by atoms with Crippen LogP contribution >= 0.6 is 11.3 Å². The second-order valence-electron chi connectivity index (χ2n) is 7.38. The number of aryl methyl sites for hydroxylation is 1. The van der Waals surface area contributed by atoms with E-state index in [1.807, 2.05) is 12.1 Å². The lowest BCUT2D eigenvalue weighted by Gasteiger charge is -2.21. The van der Waals surface area contributed by atoms with Crippen molar-refractivity contribution in [2.45, 2.75) is 32.3 Å². The first-order valence-corrected chi connectivity index (χ1v) is 11.1. The number of non-ortho nitro benzene ring substituents is 1. The van der Waals surface area contributed by atoms with E-state index in [1.54, 1.807) is 23.1 Å². The molecular weight excluding hydrogens is 414 g/mol. The minimum Gasteiger partial charge on any atom is -0.376 e. The minimum atomic E-state index is -0.445. The van der Waals surface area contributed by atoms with Gasteiger partial charge in [-0.2, -0.15) is 0 Å².